The molecule has 2 bridgehead atoms. The zero-order valence-corrected chi connectivity index (χ0v) is 9.75. The van der Waals surface area contributed by atoms with Gasteiger partial charge in [0.1, 0.15) is 6.04 Å². The third-order valence-corrected chi connectivity index (χ3v) is 4.18. The van der Waals surface area contributed by atoms with Gasteiger partial charge in [0, 0.05) is 12.6 Å². The van der Waals surface area contributed by atoms with Gasteiger partial charge in [-0.1, -0.05) is 30.3 Å². The number of hydrogen-bond acceptors (Lipinski definition) is 2. The van der Waals surface area contributed by atoms with Crippen molar-refractivity contribution in [3.63, 3.8) is 0 Å². The average Bonchev–Trinajstić information content (AvgIpc) is 2.90. The van der Waals surface area contributed by atoms with E-state index >= 15 is 0 Å². The summed E-state index contributed by atoms with van der Waals surface area (Å²) in [5, 5.41) is 9.34. The first-order chi connectivity index (χ1) is 8.25. The Morgan fingerprint density at radius 2 is 2.06 bits per heavy atom. The molecule has 2 fully saturated rings. The summed E-state index contributed by atoms with van der Waals surface area (Å²) in [6.07, 6.45) is 3.33. The van der Waals surface area contributed by atoms with Crippen LogP contribution < -0.4 is 0 Å². The van der Waals surface area contributed by atoms with E-state index in [4.69, 9.17) is 0 Å². The molecule has 3 atom stereocenters. The van der Waals surface area contributed by atoms with Crippen LogP contribution >= 0.6 is 0 Å². The molecule has 1 aromatic carbocycles. The number of benzene rings is 1. The second-order valence-corrected chi connectivity index (χ2v) is 5.17. The third-order valence-electron chi connectivity index (χ3n) is 4.18. The van der Waals surface area contributed by atoms with Crippen LogP contribution in [0.5, 0.6) is 0 Å². The van der Waals surface area contributed by atoms with Gasteiger partial charge in [0.05, 0.1) is 0 Å². The van der Waals surface area contributed by atoms with Crippen molar-refractivity contribution in [1.82, 2.24) is 4.90 Å². The summed E-state index contributed by atoms with van der Waals surface area (Å²) in [6.45, 7) is 0.777. The first-order valence-electron chi connectivity index (χ1n) is 6.28. The summed E-state index contributed by atoms with van der Waals surface area (Å²) in [5.74, 6) is -0.269. The normalized spacial score (nSPS) is 31.9. The number of hydrogen-bond donors (Lipinski definition) is 1. The molecule has 1 aromatic rings. The molecule has 3 rings (SSSR count). The summed E-state index contributed by atoms with van der Waals surface area (Å²) in [5.41, 5.74) is 1.21. The number of rotatable bonds is 3. The van der Waals surface area contributed by atoms with Crippen LogP contribution in [0.4, 0.5) is 0 Å². The van der Waals surface area contributed by atoms with Crippen molar-refractivity contribution >= 4 is 5.97 Å². The number of carboxylic acids is 1. The van der Waals surface area contributed by atoms with E-state index in [0.717, 1.165) is 19.4 Å². The monoisotopic (exact) mass is 231 g/mol. The zero-order valence-electron chi connectivity index (χ0n) is 9.75. The van der Waals surface area contributed by atoms with Crippen LogP contribution in [0, 0.1) is 5.92 Å². The Morgan fingerprint density at radius 1 is 1.29 bits per heavy atom. The summed E-state index contributed by atoms with van der Waals surface area (Å²) < 4.78 is 0. The lowest BCUT2D eigenvalue weighted by atomic mass is 9.98. The smallest absolute Gasteiger partial charge is 0.321 e. The van der Waals surface area contributed by atoms with Gasteiger partial charge in [-0.25, -0.2) is 0 Å². The van der Waals surface area contributed by atoms with E-state index in [1.165, 1.54) is 12.0 Å². The highest BCUT2D eigenvalue weighted by Crippen LogP contribution is 2.43. The van der Waals surface area contributed by atoms with E-state index < -0.39 is 5.97 Å². The number of piperidine rings is 1. The molecule has 0 aromatic heterocycles. The molecule has 1 heterocycles. The highest BCUT2D eigenvalue weighted by molar-refractivity contribution is 5.74. The molecule has 1 aliphatic heterocycles. The minimum Gasteiger partial charge on any atom is -0.480 e. The van der Waals surface area contributed by atoms with Crippen LogP contribution in [0.15, 0.2) is 30.3 Å². The Kier molecular flexibility index (Phi) is 2.63. The molecular weight excluding hydrogens is 214 g/mol. The Labute approximate surface area is 101 Å². The van der Waals surface area contributed by atoms with Crippen molar-refractivity contribution in [2.75, 3.05) is 0 Å². The molecule has 0 amide bonds. The summed E-state index contributed by atoms with van der Waals surface area (Å²) in [4.78, 5) is 13.5. The lowest BCUT2D eigenvalue weighted by Gasteiger charge is -2.32. The molecule has 0 spiro atoms. The number of carbonyl (C=O) groups is 1. The number of nitrogens with zero attached hydrogens (tertiary/aromatic N) is 1. The Balaban J connectivity index is 1.80. The van der Waals surface area contributed by atoms with E-state index in [2.05, 4.69) is 17.0 Å². The maximum Gasteiger partial charge on any atom is 0.321 e. The topological polar surface area (TPSA) is 40.5 Å². The Hall–Kier alpha value is -1.35. The van der Waals surface area contributed by atoms with Crippen LogP contribution in [0.1, 0.15) is 24.8 Å². The zero-order chi connectivity index (χ0) is 11.8. The first-order valence-corrected chi connectivity index (χ1v) is 6.28. The van der Waals surface area contributed by atoms with Gasteiger partial charge in [0.15, 0.2) is 0 Å². The lowest BCUT2D eigenvalue weighted by molar-refractivity contribution is -0.145. The van der Waals surface area contributed by atoms with Crippen LogP contribution in [0.3, 0.4) is 0 Å². The van der Waals surface area contributed by atoms with Crippen molar-refractivity contribution in [2.45, 2.75) is 37.9 Å². The van der Waals surface area contributed by atoms with Crippen LogP contribution in [0.2, 0.25) is 0 Å². The Bertz CT molecular complexity index is 417. The molecule has 2 aliphatic rings. The van der Waals surface area contributed by atoms with E-state index in [0.29, 0.717) is 12.0 Å². The number of aliphatic carboxylic acids is 1. The van der Waals surface area contributed by atoms with Crippen molar-refractivity contribution < 1.29 is 9.90 Å². The fourth-order valence-corrected chi connectivity index (χ4v) is 3.44. The predicted octanol–water partition coefficient (Wildman–Crippen LogP) is 2.12. The van der Waals surface area contributed by atoms with Crippen molar-refractivity contribution in [1.29, 1.82) is 0 Å². The van der Waals surface area contributed by atoms with Crippen LogP contribution in [0.25, 0.3) is 0 Å². The molecule has 2 unspecified atom stereocenters. The van der Waals surface area contributed by atoms with Gasteiger partial charge in [0.25, 0.3) is 0 Å². The van der Waals surface area contributed by atoms with Crippen molar-refractivity contribution in [3.8, 4) is 0 Å². The second kappa shape index (κ2) is 4.15. The molecule has 3 heteroatoms. The third kappa shape index (κ3) is 1.84. The highest BCUT2D eigenvalue weighted by atomic mass is 16.4. The molecule has 17 heavy (non-hydrogen) atoms. The maximum atomic E-state index is 11.4. The largest absolute Gasteiger partial charge is 0.480 e. The number of fused-ring (bicyclic) bond motifs is 2. The molecular formula is C14H17NO2. The van der Waals surface area contributed by atoms with E-state index in [1.807, 2.05) is 18.2 Å². The summed E-state index contributed by atoms with van der Waals surface area (Å²) in [7, 11) is 0. The number of likely N-dealkylation sites (tertiary alicyclic amines) is 1. The quantitative estimate of drug-likeness (QED) is 0.866. The molecule has 1 saturated carbocycles. The molecule has 90 valence electrons. The Morgan fingerprint density at radius 3 is 2.76 bits per heavy atom. The minimum absolute atomic E-state index is 0.256. The fraction of sp³-hybridized carbons (Fsp3) is 0.500. The summed E-state index contributed by atoms with van der Waals surface area (Å²) in [6, 6.07) is 10.4. The molecule has 0 radical (unpaired) electrons. The summed E-state index contributed by atoms with van der Waals surface area (Å²) >= 11 is 0. The first kappa shape index (κ1) is 10.8. The molecule has 3 nitrogen and oxygen atoms in total. The van der Waals surface area contributed by atoms with E-state index in [-0.39, 0.29) is 6.04 Å². The maximum absolute atomic E-state index is 11.4. The minimum atomic E-state index is -0.645. The standard InChI is InChI=1S/C14H17NO2/c16-14(17)13-11-6-7-12(8-11)15(13)9-10-4-2-1-3-5-10/h1-5,11-13H,6-9H2,(H,16,17)/t11-,12?,13?/m0/s1. The SMILES string of the molecule is O=C(O)C1[C@H]2CCC(C2)N1Cc1ccccc1. The molecule has 1 N–H and O–H groups in total. The van der Waals surface area contributed by atoms with Gasteiger partial charge >= 0.3 is 5.97 Å². The van der Waals surface area contributed by atoms with Crippen molar-refractivity contribution in [2.24, 2.45) is 5.92 Å². The van der Waals surface area contributed by atoms with Gasteiger partial charge in [0.2, 0.25) is 0 Å². The molecule has 1 aliphatic carbocycles. The highest BCUT2D eigenvalue weighted by Gasteiger charge is 2.48. The van der Waals surface area contributed by atoms with Crippen LogP contribution in [-0.4, -0.2) is 28.1 Å². The predicted molar refractivity (Wildman–Crippen MR) is 64.5 cm³/mol. The van der Waals surface area contributed by atoms with Crippen LogP contribution in [-0.2, 0) is 11.3 Å². The lowest BCUT2D eigenvalue weighted by Crippen LogP contribution is -2.45. The van der Waals surface area contributed by atoms with Gasteiger partial charge in [-0.05, 0) is 30.7 Å². The van der Waals surface area contributed by atoms with Crippen molar-refractivity contribution in [3.05, 3.63) is 35.9 Å². The number of carboxylic acid groups (broad SMARTS) is 1. The molecule has 1 saturated heterocycles. The van der Waals surface area contributed by atoms with Gasteiger partial charge in [-0.2, -0.15) is 0 Å². The van der Waals surface area contributed by atoms with Gasteiger partial charge in [-0.15, -0.1) is 0 Å². The van der Waals surface area contributed by atoms with Gasteiger partial charge in [-0.3, -0.25) is 9.69 Å². The van der Waals surface area contributed by atoms with E-state index in [9.17, 15) is 9.90 Å². The van der Waals surface area contributed by atoms with E-state index in [1.54, 1.807) is 0 Å². The second-order valence-electron chi connectivity index (χ2n) is 5.17. The van der Waals surface area contributed by atoms with Gasteiger partial charge < -0.3 is 5.11 Å². The average molecular weight is 231 g/mol. The fourth-order valence-electron chi connectivity index (χ4n) is 3.44.